The second-order valence-electron chi connectivity index (χ2n) is 24.5. The maximum atomic E-state index is 13.0. The van der Waals surface area contributed by atoms with Crippen molar-refractivity contribution < 1.29 is 32.9 Å². The molecule has 460 valence electrons. The average Bonchev–Trinajstić information content (AvgIpc) is 3.41. The van der Waals surface area contributed by atoms with Gasteiger partial charge >= 0.3 is 7.82 Å². The number of nitrogens with zero attached hydrogens (tertiary/aromatic N) is 1. The fraction of sp³-hybridized carbons (Fsp3) is 0.870. The van der Waals surface area contributed by atoms with Crippen molar-refractivity contribution in [1.29, 1.82) is 0 Å². The lowest BCUT2D eigenvalue weighted by molar-refractivity contribution is -0.870. The molecule has 0 saturated carbocycles. The second-order valence-corrected chi connectivity index (χ2v) is 26.0. The monoisotopic (exact) mass is 1120 g/mol. The standard InChI is InChI=1S/C69H133N2O6P/c1-6-8-10-12-14-16-18-20-22-24-26-27-28-29-30-31-32-33-34-35-36-37-38-39-40-41-42-43-45-47-49-51-53-55-57-59-61-63-69(73)70-67(66-77-78(74,75)76-65-64-71(3,4)5)68(72)62-60-58-56-54-52-50-48-46-44-25-23-21-19-17-15-13-11-9-7-2/h24,26,44,46,52,54,60,62,67-68,72H,6-23,25,27-43,45,47-51,53,55-59,61,63-66H2,1-5H3,(H-,70,73,74,75)/p+1/b26-24-,46-44+,54-52+,62-60+. The van der Waals surface area contributed by atoms with Gasteiger partial charge in [0.25, 0.3) is 0 Å². The molecule has 3 atom stereocenters. The van der Waals surface area contributed by atoms with Crippen molar-refractivity contribution in [2.75, 3.05) is 40.9 Å². The Morgan fingerprint density at radius 3 is 1.03 bits per heavy atom. The first-order valence-corrected chi connectivity index (χ1v) is 35.5. The van der Waals surface area contributed by atoms with Crippen molar-refractivity contribution >= 4 is 13.7 Å². The molecule has 0 aliphatic carbocycles. The molecule has 0 fully saturated rings. The maximum absolute atomic E-state index is 13.0. The van der Waals surface area contributed by atoms with Crippen LogP contribution in [0.15, 0.2) is 48.6 Å². The highest BCUT2D eigenvalue weighted by Gasteiger charge is 2.28. The van der Waals surface area contributed by atoms with Gasteiger partial charge in [-0.2, -0.15) is 0 Å². The zero-order chi connectivity index (χ0) is 57.0. The van der Waals surface area contributed by atoms with Crippen molar-refractivity contribution in [3.8, 4) is 0 Å². The van der Waals surface area contributed by atoms with Crippen LogP contribution in [0.5, 0.6) is 0 Å². The van der Waals surface area contributed by atoms with E-state index in [2.05, 4.69) is 55.6 Å². The first-order valence-electron chi connectivity index (χ1n) is 34.0. The van der Waals surface area contributed by atoms with Crippen LogP contribution in [0.3, 0.4) is 0 Å². The van der Waals surface area contributed by atoms with Gasteiger partial charge < -0.3 is 19.8 Å². The molecule has 78 heavy (non-hydrogen) atoms. The molecular formula is C69H134N2O6P+. The van der Waals surface area contributed by atoms with Gasteiger partial charge in [0.15, 0.2) is 0 Å². The van der Waals surface area contributed by atoms with Gasteiger partial charge in [-0.05, 0) is 70.6 Å². The van der Waals surface area contributed by atoms with Gasteiger partial charge in [0.05, 0.1) is 39.9 Å². The van der Waals surface area contributed by atoms with Crippen LogP contribution in [0, 0.1) is 0 Å². The largest absolute Gasteiger partial charge is 0.472 e. The quantitative estimate of drug-likeness (QED) is 0.0243. The molecule has 3 unspecified atom stereocenters. The van der Waals surface area contributed by atoms with Gasteiger partial charge in [0, 0.05) is 6.42 Å². The summed E-state index contributed by atoms with van der Waals surface area (Å²) in [5.41, 5.74) is 0. The molecule has 0 heterocycles. The lowest BCUT2D eigenvalue weighted by Crippen LogP contribution is -2.45. The summed E-state index contributed by atoms with van der Waals surface area (Å²) in [6.07, 6.45) is 81.3. The van der Waals surface area contributed by atoms with Crippen molar-refractivity contribution in [1.82, 2.24) is 5.32 Å². The average molecular weight is 1120 g/mol. The summed E-state index contributed by atoms with van der Waals surface area (Å²) >= 11 is 0. The van der Waals surface area contributed by atoms with Crippen LogP contribution in [0.2, 0.25) is 0 Å². The molecule has 0 saturated heterocycles. The molecule has 0 rings (SSSR count). The number of carbonyl (C=O) groups is 1. The number of rotatable bonds is 63. The van der Waals surface area contributed by atoms with Crippen LogP contribution in [-0.4, -0.2) is 73.4 Å². The van der Waals surface area contributed by atoms with Crippen molar-refractivity contribution in [2.45, 2.75) is 347 Å². The summed E-state index contributed by atoms with van der Waals surface area (Å²) in [7, 11) is 1.56. The topological polar surface area (TPSA) is 105 Å². The minimum absolute atomic E-state index is 0.0545. The zero-order valence-corrected chi connectivity index (χ0v) is 53.6. The molecule has 8 nitrogen and oxygen atoms in total. The SMILES string of the molecule is CCCCCCCCCC/C=C\CCCCCCCCCCCCCCCCCCCCCCCCCCCC(=O)NC(COP(=O)(O)OCC[N+](C)(C)C)C(O)/C=C/CC/C=C/CC/C=C/CCCCCCCCCCC. The fourth-order valence-electron chi connectivity index (χ4n) is 10.2. The third-order valence-electron chi connectivity index (χ3n) is 15.5. The minimum atomic E-state index is -4.36. The highest BCUT2D eigenvalue weighted by atomic mass is 31.2. The number of unbranched alkanes of at least 4 members (excludes halogenated alkanes) is 44. The molecule has 0 aromatic rings. The van der Waals surface area contributed by atoms with E-state index in [1.54, 1.807) is 6.08 Å². The summed E-state index contributed by atoms with van der Waals surface area (Å²) in [5.74, 6) is -0.185. The van der Waals surface area contributed by atoms with Gasteiger partial charge in [0.2, 0.25) is 5.91 Å². The lowest BCUT2D eigenvalue weighted by Gasteiger charge is -2.25. The summed E-state index contributed by atoms with van der Waals surface area (Å²) in [5, 5.41) is 13.9. The summed E-state index contributed by atoms with van der Waals surface area (Å²) in [6.45, 7) is 4.82. The molecule has 9 heteroatoms. The third kappa shape index (κ3) is 62.1. The highest BCUT2D eigenvalue weighted by Crippen LogP contribution is 2.43. The number of amides is 1. The van der Waals surface area contributed by atoms with Crippen LogP contribution in [0.4, 0.5) is 0 Å². The van der Waals surface area contributed by atoms with E-state index in [0.29, 0.717) is 17.4 Å². The number of allylic oxidation sites excluding steroid dienone is 7. The summed E-state index contributed by atoms with van der Waals surface area (Å²) in [6, 6.07) is -0.870. The Kier molecular flexibility index (Phi) is 58.9. The smallest absolute Gasteiger partial charge is 0.387 e. The molecule has 0 aromatic heterocycles. The van der Waals surface area contributed by atoms with E-state index in [1.165, 1.54) is 270 Å². The number of likely N-dealkylation sites (N-methyl/N-ethyl adjacent to an activating group) is 1. The zero-order valence-electron chi connectivity index (χ0n) is 52.7. The molecule has 0 bridgehead atoms. The Morgan fingerprint density at radius 2 is 0.705 bits per heavy atom. The van der Waals surface area contributed by atoms with Crippen LogP contribution in [-0.2, 0) is 18.4 Å². The van der Waals surface area contributed by atoms with Gasteiger partial charge in [-0.3, -0.25) is 13.8 Å². The van der Waals surface area contributed by atoms with Gasteiger partial charge in [-0.25, -0.2) is 4.57 Å². The Morgan fingerprint density at radius 1 is 0.423 bits per heavy atom. The molecule has 0 radical (unpaired) electrons. The fourth-order valence-corrected chi connectivity index (χ4v) is 10.9. The van der Waals surface area contributed by atoms with Crippen molar-refractivity contribution in [3.05, 3.63) is 48.6 Å². The van der Waals surface area contributed by atoms with Crippen molar-refractivity contribution in [2.24, 2.45) is 0 Å². The normalized spacial score (nSPS) is 14.0. The van der Waals surface area contributed by atoms with Crippen molar-refractivity contribution in [3.63, 3.8) is 0 Å². The van der Waals surface area contributed by atoms with Crippen LogP contribution in [0.1, 0.15) is 335 Å². The minimum Gasteiger partial charge on any atom is -0.387 e. The second kappa shape index (κ2) is 60.1. The number of hydrogen-bond donors (Lipinski definition) is 3. The summed E-state index contributed by atoms with van der Waals surface area (Å²) in [4.78, 5) is 23.4. The molecular weight excluding hydrogens is 984 g/mol. The summed E-state index contributed by atoms with van der Waals surface area (Å²) < 4.78 is 23.7. The number of carbonyl (C=O) groups excluding carboxylic acids is 1. The molecule has 3 N–H and O–H groups in total. The van der Waals surface area contributed by atoms with Gasteiger partial charge in [-0.15, -0.1) is 0 Å². The molecule has 0 aliphatic rings. The van der Waals surface area contributed by atoms with E-state index in [4.69, 9.17) is 9.05 Å². The molecule has 0 aromatic carbocycles. The molecule has 0 spiro atoms. The molecule has 1 amide bonds. The van der Waals surface area contributed by atoms with E-state index in [0.717, 1.165) is 44.9 Å². The lowest BCUT2D eigenvalue weighted by atomic mass is 10.0. The van der Waals surface area contributed by atoms with E-state index in [-0.39, 0.29) is 19.1 Å². The predicted molar refractivity (Wildman–Crippen MR) is 341 cm³/mol. The Labute approximate surface area is 486 Å². The Bertz CT molecular complexity index is 1410. The Hall–Kier alpha value is -1.54. The highest BCUT2D eigenvalue weighted by molar-refractivity contribution is 7.47. The van der Waals surface area contributed by atoms with Gasteiger partial charge in [0.1, 0.15) is 13.2 Å². The number of aliphatic hydroxyl groups is 1. The van der Waals surface area contributed by atoms with Gasteiger partial charge in [-0.1, -0.05) is 306 Å². The molecule has 0 aliphatic heterocycles. The van der Waals surface area contributed by atoms with E-state index in [1.807, 2.05) is 27.2 Å². The number of aliphatic hydroxyl groups excluding tert-OH is 1. The Balaban J connectivity index is 3.99. The van der Waals surface area contributed by atoms with E-state index in [9.17, 15) is 19.4 Å². The van der Waals surface area contributed by atoms with Crippen LogP contribution < -0.4 is 5.32 Å². The first-order chi connectivity index (χ1) is 38.0. The van der Waals surface area contributed by atoms with E-state index < -0.39 is 20.0 Å². The predicted octanol–water partition coefficient (Wildman–Crippen LogP) is 21.4. The maximum Gasteiger partial charge on any atom is 0.472 e. The van der Waals surface area contributed by atoms with Crippen LogP contribution >= 0.6 is 7.82 Å². The third-order valence-corrected chi connectivity index (χ3v) is 16.5. The number of hydrogen-bond acceptors (Lipinski definition) is 5. The van der Waals surface area contributed by atoms with E-state index >= 15 is 0 Å². The first kappa shape index (κ1) is 76.5. The van der Waals surface area contributed by atoms with Crippen LogP contribution in [0.25, 0.3) is 0 Å². The number of phosphoric ester groups is 1. The number of nitrogens with one attached hydrogen (secondary N) is 1. The number of phosphoric acid groups is 1. The number of quaternary nitrogens is 1.